The minimum Gasteiger partial charge on any atom is -0.507 e. The second-order valence-corrected chi connectivity index (χ2v) is 4.13. The summed E-state index contributed by atoms with van der Waals surface area (Å²) in [7, 11) is 0. The predicted octanol–water partition coefficient (Wildman–Crippen LogP) is 3.78. The van der Waals surface area contributed by atoms with Crippen LogP contribution in [0.2, 0.25) is 0 Å². The molecule has 16 heavy (non-hydrogen) atoms. The van der Waals surface area contributed by atoms with E-state index < -0.39 is 0 Å². The van der Waals surface area contributed by atoms with Crippen LogP contribution in [0.25, 0.3) is 0 Å². The molecule has 0 spiro atoms. The molecule has 1 aliphatic carbocycles. The first-order valence-corrected chi connectivity index (χ1v) is 5.67. The molecule has 1 saturated carbocycles. The molecule has 0 aliphatic heterocycles. The van der Waals surface area contributed by atoms with Gasteiger partial charge in [0.15, 0.2) is 0 Å². The fraction of sp³-hybridized carbons (Fsp3) is 0.500. The summed E-state index contributed by atoms with van der Waals surface area (Å²) in [6, 6.07) is 7.80. The highest BCUT2D eigenvalue weighted by molar-refractivity contribution is 5.83. The van der Waals surface area contributed by atoms with Crippen molar-refractivity contribution in [1.82, 2.24) is 0 Å². The molecule has 1 aromatic carbocycles. The van der Waals surface area contributed by atoms with Crippen LogP contribution < -0.4 is 0 Å². The average Bonchev–Trinajstić information content (AvgIpc) is 2.29. The van der Waals surface area contributed by atoms with Crippen molar-refractivity contribution >= 4 is 6.21 Å². The molecule has 0 radical (unpaired) electrons. The van der Waals surface area contributed by atoms with Crippen molar-refractivity contribution in [3.8, 4) is 5.75 Å². The highest BCUT2D eigenvalue weighted by atomic mass is 16.3. The summed E-state index contributed by atoms with van der Waals surface area (Å²) in [5, 5.41) is 9.55. The van der Waals surface area contributed by atoms with E-state index in [1.807, 2.05) is 24.4 Å². The van der Waals surface area contributed by atoms with Crippen LogP contribution >= 0.6 is 0 Å². The Morgan fingerprint density at radius 1 is 1.12 bits per heavy atom. The van der Waals surface area contributed by atoms with Crippen LogP contribution in [0, 0.1) is 0 Å². The third-order valence-electron chi connectivity index (χ3n) is 2.94. The van der Waals surface area contributed by atoms with Gasteiger partial charge >= 0.3 is 0 Å². The van der Waals surface area contributed by atoms with E-state index in [1.165, 1.54) is 32.1 Å². The highest BCUT2D eigenvalue weighted by Crippen LogP contribution is 2.21. The van der Waals surface area contributed by atoms with E-state index >= 15 is 0 Å². The molecule has 0 bridgehead atoms. The third-order valence-corrected chi connectivity index (χ3v) is 2.94. The number of aromatic hydroxyl groups is 1. The Balaban J connectivity index is 0.00000128. The average molecular weight is 219 g/mol. The second kappa shape index (κ2) is 6.31. The number of rotatable bonds is 2. The van der Waals surface area contributed by atoms with Gasteiger partial charge in [-0.2, -0.15) is 0 Å². The van der Waals surface area contributed by atoms with Crippen molar-refractivity contribution in [3.05, 3.63) is 29.8 Å². The van der Waals surface area contributed by atoms with Crippen LogP contribution in [-0.4, -0.2) is 17.4 Å². The molecule has 1 aromatic rings. The molecule has 0 aromatic heterocycles. The molecule has 0 atom stereocenters. The van der Waals surface area contributed by atoms with Crippen LogP contribution in [0.15, 0.2) is 29.3 Å². The van der Waals surface area contributed by atoms with Crippen molar-refractivity contribution in [1.29, 1.82) is 0 Å². The lowest BCUT2D eigenvalue weighted by atomic mass is 9.96. The predicted molar refractivity (Wildman–Crippen MR) is 69.3 cm³/mol. The van der Waals surface area contributed by atoms with Gasteiger partial charge in [0.05, 0.1) is 0 Å². The lowest BCUT2D eigenvalue weighted by molar-refractivity contribution is 0.444. The van der Waals surface area contributed by atoms with Crippen LogP contribution in [-0.2, 0) is 0 Å². The molecule has 2 rings (SSSR count). The van der Waals surface area contributed by atoms with Gasteiger partial charge in [0.1, 0.15) is 5.75 Å². The van der Waals surface area contributed by atoms with Crippen molar-refractivity contribution in [2.75, 3.05) is 0 Å². The number of hydrogen-bond donors (Lipinski definition) is 1. The Morgan fingerprint density at radius 3 is 2.50 bits per heavy atom. The van der Waals surface area contributed by atoms with Gasteiger partial charge in [0.2, 0.25) is 0 Å². The highest BCUT2D eigenvalue weighted by Gasteiger charge is 2.10. The summed E-state index contributed by atoms with van der Waals surface area (Å²) in [4.78, 5) is 4.53. The standard InChI is InChI=1S/C13H17NO.CH4/c15-13-9-5-4-6-11(13)10-14-12-7-2-1-3-8-12;/h4-6,9-10,12,15H,1-3,7-8H2;1H4. The Bertz CT molecular complexity index is 340. The molecule has 2 heteroatoms. The van der Waals surface area contributed by atoms with Gasteiger partial charge in [0.25, 0.3) is 0 Å². The summed E-state index contributed by atoms with van der Waals surface area (Å²) >= 11 is 0. The Labute approximate surface area is 98.0 Å². The van der Waals surface area contributed by atoms with Gasteiger partial charge in [-0.25, -0.2) is 0 Å². The van der Waals surface area contributed by atoms with E-state index in [4.69, 9.17) is 0 Å². The molecule has 1 N–H and O–H groups in total. The topological polar surface area (TPSA) is 32.6 Å². The smallest absolute Gasteiger partial charge is 0.124 e. The second-order valence-electron chi connectivity index (χ2n) is 4.13. The zero-order valence-electron chi connectivity index (χ0n) is 8.89. The first kappa shape index (κ1) is 12.8. The van der Waals surface area contributed by atoms with Crippen molar-refractivity contribution in [2.24, 2.45) is 4.99 Å². The van der Waals surface area contributed by atoms with E-state index in [2.05, 4.69) is 4.99 Å². The molecule has 88 valence electrons. The fourth-order valence-electron chi connectivity index (χ4n) is 2.01. The van der Waals surface area contributed by atoms with E-state index in [9.17, 15) is 5.11 Å². The Hall–Kier alpha value is -1.31. The molecule has 1 fully saturated rings. The SMILES string of the molecule is C.Oc1ccccc1C=NC1CCCCC1. The van der Waals surface area contributed by atoms with Gasteiger partial charge < -0.3 is 5.11 Å². The Kier molecular flexibility index (Phi) is 5.03. The molecular formula is C14H21NO. The molecule has 2 nitrogen and oxygen atoms in total. The van der Waals surface area contributed by atoms with Crippen LogP contribution in [0.5, 0.6) is 5.75 Å². The quantitative estimate of drug-likeness (QED) is 0.754. The maximum absolute atomic E-state index is 9.55. The number of hydrogen-bond acceptors (Lipinski definition) is 2. The summed E-state index contributed by atoms with van der Waals surface area (Å²) in [6.45, 7) is 0. The zero-order chi connectivity index (χ0) is 10.5. The van der Waals surface area contributed by atoms with Crippen molar-refractivity contribution in [3.63, 3.8) is 0 Å². The zero-order valence-corrected chi connectivity index (χ0v) is 8.89. The minimum absolute atomic E-state index is 0. The molecule has 0 saturated heterocycles. The van der Waals surface area contributed by atoms with Crippen LogP contribution in [0.4, 0.5) is 0 Å². The number of para-hydroxylation sites is 1. The van der Waals surface area contributed by atoms with Gasteiger partial charge in [-0.1, -0.05) is 38.8 Å². The summed E-state index contributed by atoms with van der Waals surface area (Å²) in [6.07, 6.45) is 8.15. The van der Waals surface area contributed by atoms with E-state index in [0.717, 1.165) is 5.56 Å². The van der Waals surface area contributed by atoms with Crippen molar-refractivity contribution < 1.29 is 5.11 Å². The third kappa shape index (κ3) is 3.37. The first-order chi connectivity index (χ1) is 7.36. The number of benzene rings is 1. The molecule has 0 amide bonds. The lowest BCUT2D eigenvalue weighted by Crippen LogP contribution is -2.09. The van der Waals surface area contributed by atoms with E-state index in [1.54, 1.807) is 6.07 Å². The fourth-order valence-corrected chi connectivity index (χ4v) is 2.01. The van der Waals surface area contributed by atoms with Gasteiger partial charge in [-0.05, 0) is 25.0 Å². The summed E-state index contributed by atoms with van der Waals surface area (Å²) < 4.78 is 0. The molecule has 0 heterocycles. The number of phenols is 1. The van der Waals surface area contributed by atoms with Crippen molar-refractivity contribution in [2.45, 2.75) is 45.6 Å². The maximum Gasteiger partial charge on any atom is 0.124 e. The van der Waals surface area contributed by atoms with E-state index in [-0.39, 0.29) is 7.43 Å². The first-order valence-electron chi connectivity index (χ1n) is 5.67. The van der Waals surface area contributed by atoms with Crippen LogP contribution in [0.1, 0.15) is 45.1 Å². The lowest BCUT2D eigenvalue weighted by Gasteiger charge is -2.17. The number of nitrogens with zero attached hydrogens (tertiary/aromatic N) is 1. The molecule has 1 aliphatic rings. The van der Waals surface area contributed by atoms with Gasteiger partial charge in [-0.3, -0.25) is 4.99 Å². The summed E-state index contributed by atoms with van der Waals surface area (Å²) in [5.74, 6) is 0.317. The molecular weight excluding hydrogens is 198 g/mol. The Morgan fingerprint density at radius 2 is 1.81 bits per heavy atom. The normalized spacial score (nSPS) is 17.2. The van der Waals surface area contributed by atoms with E-state index in [0.29, 0.717) is 11.8 Å². The minimum atomic E-state index is 0. The van der Waals surface area contributed by atoms with Gasteiger partial charge in [0, 0.05) is 17.8 Å². The number of aliphatic imine (C=N–C) groups is 1. The largest absolute Gasteiger partial charge is 0.507 e. The maximum atomic E-state index is 9.55. The summed E-state index contributed by atoms with van der Waals surface area (Å²) in [5.41, 5.74) is 0.822. The van der Waals surface area contributed by atoms with Gasteiger partial charge in [-0.15, -0.1) is 0 Å². The molecule has 0 unspecified atom stereocenters. The monoisotopic (exact) mass is 219 g/mol. The number of phenolic OH excluding ortho intramolecular Hbond substituents is 1. The van der Waals surface area contributed by atoms with Crippen LogP contribution in [0.3, 0.4) is 0 Å².